The zero-order valence-corrected chi connectivity index (χ0v) is 12.6. The second-order valence-corrected chi connectivity index (χ2v) is 6.23. The lowest BCUT2D eigenvalue weighted by atomic mass is 10.1. The molecule has 19 heavy (non-hydrogen) atoms. The van der Waals surface area contributed by atoms with Gasteiger partial charge in [-0.05, 0) is 37.1 Å². The van der Waals surface area contributed by atoms with E-state index >= 15 is 0 Å². The van der Waals surface area contributed by atoms with Gasteiger partial charge in [0, 0.05) is 20.2 Å². The van der Waals surface area contributed by atoms with Crippen LogP contribution in [0.2, 0.25) is 0 Å². The van der Waals surface area contributed by atoms with E-state index in [1.165, 1.54) is 23.5 Å². The molecular weight excluding hydrogens is 269 g/mol. The summed E-state index contributed by atoms with van der Waals surface area (Å²) in [5.74, 6) is -0.422. The number of halogens is 1. The molecule has 0 amide bonds. The van der Waals surface area contributed by atoms with E-state index in [0.29, 0.717) is 24.3 Å². The fraction of sp³-hybridized carbons (Fsp3) is 0.538. The molecule has 0 aliphatic carbocycles. The third-order valence-electron chi connectivity index (χ3n) is 2.92. The molecule has 6 heteroatoms. The first-order valence-corrected chi connectivity index (χ1v) is 7.54. The lowest BCUT2D eigenvalue weighted by Crippen LogP contribution is -2.34. The molecule has 0 fully saturated rings. The van der Waals surface area contributed by atoms with Crippen LogP contribution in [0.25, 0.3) is 0 Å². The summed E-state index contributed by atoms with van der Waals surface area (Å²) < 4.78 is 44.6. The molecule has 1 rings (SSSR count). The van der Waals surface area contributed by atoms with E-state index in [0.717, 1.165) is 0 Å². The van der Waals surface area contributed by atoms with Gasteiger partial charge >= 0.3 is 0 Å². The Morgan fingerprint density at radius 3 is 2.21 bits per heavy atom. The Balaban J connectivity index is 3.26. The van der Waals surface area contributed by atoms with Gasteiger partial charge in [-0.1, -0.05) is 6.92 Å². The molecule has 0 bridgehead atoms. The monoisotopic (exact) mass is 289 g/mol. The number of hydrogen-bond acceptors (Lipinski definition) is 3. The van der Waals surface area contributed by atoms with E-state index in [1.54, 1.807) is 20.8 Å². The first kappa shape index (κ1) is 16.1. The molecule has 0 spiro atoms. The molecule has 4 nitrogen and oxygen atoms in total. The Kier molecular flexibility index (Phi) is 5.46. The molecule has 0 heterocycles. The average molecular weight is 289 g/mol. The van der Waals surface area contributed by atoms with Crippen LogP contribution in [0.3, 0.4) is 0 Å². The molecule has 0 saturated carbocycles. The first-order chi connectivity index (χ1) is 8.84. The Labute approximate surface area is 114 Å². The number of aryl methyl sites for hydroxylation is 2. The number of hydrogen-bond donors (Lipinski definition) is 0. The fourth-order valence-corrected chi connectivity index (χ4v) is 3.92. The minimum atomic E-state index is -3.61. The summed E-state index contributed by atoms with van der Waals surface area (Å²) >= 11 is 0. The molecule has 0 atom stereocenters. The van der Waals surface area contributed by atoms with Gasteiger partial charge in [0.1, 0.15) is 5.82 Å². The van der Waals surface area contributed by atoms with E-state index in [-0.39, 0.29) is 11.4 Å². The minimum Gasteiger partial charge on any atom is -0.383 e. The van der Waals surface area contributed by atoms with Gasteiger partial charge in [0.15, 0.2) is 0 Å². The van der Waals surface area contributed by atoms with Crippen molar-refractivity contribution in [2.75, 3.05) is 26.8 Å². The molecule has 108 valence electrons. The molecule has 0 aliphatic rings. The highest BCUT2D eigenvalue weighted by molar-refractivity contribution is 7.89. The van der Waals surface area contributed by atoms with E-state index in [9.17, 15) is 12.8 Å². The number of likely N-dealkylation sites (N-methyl/N-ethyl adjacent to an activating group) is 1. The summed E-state index contributed by atoms with van der Waals surface area (Å²) in [6.45, 7) is 5.93. The number of rotatable bonds is 6. The van der Waals surface area contributed by atoms with Crippen molar-refractivity contribution >= 4 is 10.0 Å². The van der Waals surface area contributed by atoms with Crippen LogP contribution in [-0.4, -0.2) is 39.5 Å². The lowest BCUT2D eigenvalue weighted by molar-refractivity contribution is 0.180. The maximum absolute atomic E-state index is 13.3. The van der Waals surface area contributed by atoms with Crippen molar-refractivity contribution in [2.45, 2.75) is 25.7 Å². The molecule has 0 saturated heterocycles. The van der Waals surface area contributed by atoms with Gasteiger partial charge in [0.25, 0.3) is 0 Å². The van der Waals surface area contributed by atoms with Crippen LogP contribution < -0.4 is 0 Å². The van der Waals surface area contributed by atoms with Gasteiger partial charge in [0.2, 0.25) is 10.0 Å². The summed E-state index contributed by atoms with van der Waals surface area (Å²) in [4.78, 5) is 0.187. The third kappa shape index (κ3) is 3.52. The summed E-state index contributed by atoms with van der Waals surface area (Å²) in [5, 5.41) is 0. The maximum Gasteiger partial charge on any atom is 0.243 e. The molecule has 0 unspecified atom stereocenters. The van der Waals surface area contributed by atoms with Gasteiger partial charge in [-0.2, -0.15) is 4.31 Å². The molecule has 1 aromatic carbocycles. The van der Waals surface area contributed by atoms with Crippen molar-refractivity contribution < 1.29 is 17.5 Å². The quantitative estimate of drug-likeness (QED) is 0.805. The minimum absolute atomic E-state index is 0.187. The molecular formula is C13H20FNO3S. The standard InChI is InChI=1S/C13H20FNO3S/c1-5-15(6-7-18-4)19(16,17)13-10(2)8-12(14)9-11(13)3/h8-9H,5-7H2,1-4H3. The number of benzene rings is 1. The highest BCUT2D eigenvalue weighted by Crippen LogP contribution is 2.24. The highest BCUT2D eigenvalue weighted by Gasteiger charge is 2.26. The van der Waals surface area contributed by atoms with Gasteiger partial charge in [0.05, 0.1) is 11.5 Å². The zero-order chi connectivity index (χ0) is 14.6. The van der Waals surface area contributed by atoms with Crippen molar-refractivity contribution in [3.63, 3.8) is 0 Å². The number of ether oxygens (including phenoxy) is 1. The predicted molar refractivity (Wildman–Crippen MR) is 72.2 cm³/mol. The Morgan fingerprint density at radius 2 is 1.79 bits per heavy atom. The van der Waals surface area contributed by atoms with Crippen molar-refractivity contribution in [1.29, 1.82) is 0 Å². The SMILES string of the molecule is CCN(CCOC)S(=O)(=O)c1c(C)cc(F)cc1C. The van der Waals surface area contributed by atoms with Crippen LogP contribution in [0.5, 0.6) is 0 Å². The van der Waals surface area contributed by atoms with Crippen molar-refractivity contribution in [3.8, 4) is 0 Å². The molecule has 0 aromatic heterocycles. The van der Waals surface area contributed by atoms with Gasteiger partial charge in [-0.15, -0.1) is 0 Å². The van der Waals surface area contributed by atoms with Crippen LogP contribution in [0.15, 0.2) is 17.0 Å². The van der Waals surface area contributed by atoms with Gasteiger partial charge < -0.3 is 4.74 Å². The van der Waals surface area contributed by atoms with Gasteiger partial charge in [-0.25, -0.2) is 12.8 Å². The van der Waals surface area contributed by atoms with E-state index in [1.807, 2.05) is 0 Å². The van der Waals surface area contributed by atoms with Crippen LogP contribution in [0.1, 0.15) is 18.1 Å². The second-order valence-electron chi connectivity index (χ2n) is 4.36. The predicted octanol–water partition coefficient (Wildman–Crippen LogP) is 2.10. The van der Waals surface area contributed by atoms with E-state index in [4.69, 9.17) is 4.74 Å². The third-order valence-corrected chi connectivity index (χ3v) is 5.20. The van der Waals surface area contributed by atoms with Crippen LogP contribution >= 0.6 is 0 Å². The summed E-state index contributed by atoms with van der Waals surface area (Å²) in [7, 11) is -2.09. The van der Waals surface area contributed by atoms with Crippen molar-refractivity contribution in [2.24, 2.45) is 0 Å². The van der Waals surface area contributed by atoms with Crippen LogP contribution in [0.4, 0.5) is 4.39 Å². The lowest BCUT2D eigenvalue weighted by Gasteiger charge is -2.22. The molecule has 0 aliphatic heterocycles. The summed E-state index contributed by atoms with van der Waals surface area (Å²) in [6, 6.07) is 2.48. The van der Waals surface area contributed by atoms with Gasteiger partial charge in [-0.3, -0.25) is 0 Å². The smallest absolute Gasteiger partial charge is 0.243 e. The van der Waals surface area contributed by atoms with E-state index in [2.05, 4.69) is 0 Å². The van der Waals surface area contributed by atoms with E-state index < -0.39 is 15.8 Å². The summed E-state index contributed by atoms with van der Waals surface area (Å²) in [6.07, 6.45) is 0. The zero-order valence-electron chi connectivity index (χ0n) is 11.7. The largest absolute Gasteiger partial charge is 0.383 e. The Morgan fingerprint density at radius 1 is 1.26 bits per heavy atom. The first-order valence-electron chi connectivity index (χ1n) is 6.10. The normalized spacial score (nSPS) is 12.1. The Hall–Kier alpha value is -0.980. The maximum atomic E-state index is 13.3. The molecule has 0 N–H and O–H groups in total. The summed E-state index contributed by atoms with van der Waals surface area (Å²) in [5.41, 5.74) is 0.849. The second kappa shape index (κ2) is 6.45. The van der Waals surface area contributed by atoms with Crippen molar-refractivity contribution in [1.82, 2.24) is 4.31 Å². The highest BCUT2D eigenvalue weighted by atomic mass is 32.2. The van der Waals surface area contributed by atoms with Crippen LogP contribution in [-0.2, 0) is 14.8 Å². The number of methoxy groups -OCH3 is 1. The fourth-order valence-electron chi connectivity index (χ4n) is 2.07. The molecule has 0 radical (unpaired) electrons. The molecule has 1 aromatic rings. The average Bonchev–Trinajstić information content (AvgIpc) is 2.27. The van der Waals surface area contributed by atoms with Crippen molar-refractivity contribution in [3.05, 3.63) is 29.1 Å². The number of sulfonamides is 1. The number of nitrogens with zero attached hydrogens (tertiary/aromatic N) is 1. The Bertz CT molecular complexity index is 520. The topological polar surface area (TPSA) is 46.6 Å². The van der Waals surface area contributed by atoms with Crippen LogP contribution in [0, 0.1) is 19.7 Å².